The number of nitrogens with zero attached hydrogens (tertiary/aromatic N) is 1. The number of hydrogen-bond donors (Lipinski definition) is 2. The van der Waals surface area contributed by atoms with Crippen molar-refractivity contribution in [2.45, 2.75) is 18.1 Å². The third-order valence-electron chi connectivity index (χ3n) is 2.06. The molecule has 1 aliphatic rings. The minimum absolute atomic E-state index is 0.0671. The van der Waals surface area contributed by atoms with Gasteiger partial charge in [0.2, 0.25) is 5.91 Å². The lowest BCUT2D eigenvalue weighted by atomic mass is 10.2. The number of rotatable bonds is 2. The van der Waals surface area contributed by atoms with Gasteiger partial charge in [-0.1, -0.05) is 0 Å². The maximum atomic E-state index is 11.7. The molecule has 1 amide bonds. The topological polar surface area (TPSA) is 57.8 Å². The number of nitrogens with one attached hydrogen (secondary N) is 2. The van der Waals surface area contributed by atoms with Gasteiger partial charge in [-0.2, -0.15) is 5.10 Å². The fraction of sp³-hybridized carbons (Fsp3) is 0.500. The summed E-state index contributed by atoms with van der Waals surface area (Å²) in [6.07, 6.45) is 3.73. The molecule has 1 saturated heterocycles. The van der Waals surface area contributed by atoms with Crippen molar-refractivity contribution in [1.82, 2.24) is 10.2 Å². The summed E-state index contributed by atoms with van der Waals surface area (Å²) >= 11 is 5.00. The summed E-state index contributed by atoms with van der Waals surface area (Å²) in [7, 11) is 0. The predicted molar refractivity (Wildman–Crippen MR) is 60.4 cm³/mol. The molecule has 2 N–H and O–H groups in total. The molecule has 1 aliphatic heterocycles. The summed E-state index contributed by atoms with van der Waals surface area (Å²) in [5.41, 5.74) is 0. The monoisotopic (exact) mass is 275 g/mol. The first-order valence-corrected chi connectivity index (χ1v) is 6.23. The number of aromatic nitrogens is 2. The average molecular weight is 276 g/mol. The molecule has 1 fully saturated rings. The minimum Gasteiger partial charge on any atom is -0.309 e. The van der Waals surface area contributed by atoms with Crippen molar-refractivity contribution in [2.24, 2.45) is 0 Å². The van der Waals surface area contributed by atoms with Crippen LogP contribution in [0, 0.1) is 0 Å². The second-order valence-electron chi connectivity index (χ2n) is 3.08. The van der Waals surface area contributed by atoms with E-state index in [0.29, 0.717) is 5.82 Å². The molecule has 2 rings (SSSR count). The van der Waals surface area contributed by atoms with Crippen LogP contribution >= 0.6 is 27.7 Å². The van der Waals surface area contributed by atoms with Crippen LogP contribution in [0.5, 0.6) is 0 Å². The fourth-order valence-corrected chi connectivity index (χ4v) is 2.80. The normalized spacial score (nSPS) is 21.1. The number of aromatic amines is 1. The van der Waals surface area contributed by atoms with E-state index in [-0.39, 0.29) is 11.2 Å². The Labute approximate surface area is 94.3 Å². The van der Waals surface area contributed by atoms with E-state index in [1.54, 1.807) is 18.0 Å². The van der Waals surface area contributed by atoms with Crippen LogP contribution < -0.4 is 5.32 Å². The van der Waals surface area contributed by atoms with Crippen LogP contribution in [0.15, 0.2) is 10.7 Å². The zero-order valence-corrected chi connectivity index (χ0v) is 9.82. The fourth-order valence-electron chi connectivity index (χ4n) is 1.35. The van der Waals surface area contributed by atoms with Gasteiger partial charge in [0, 0.05) is 0 Å². The van der Waals surface area contributed by atoms with Crippen molar-refractivity contribution in [2.75, 3.05) is 11.1 Å². The average Bonchev–Trinajstić information content (AvgIpc) is 2.77. The van der Waals surface area contributed by atoms with Gasteiger partial charge in [-0.25, -0.2) is 0 Å². The lowest BCUT2D eigenvalue weighted by Gasteiger charge is -2.07. The molecule has 1 unspecified atom stereocenters. The van der Waals surface area contributed by atoms with Crippen molar-refractivity contribution < 1.29 is 4.79 Å². The van der Waals surface area contributed by atoms with Crippen molar-refractivity contribution >= 4 is 39.4 Å². The number of carbonyl (C=O) groups is 1. The maximum Gasteiger partial charge on any atom is 0.238 e. The molecule has 4 nitrogen and oxygen atoms in total. The second kappa shape index (κ2) is 4.35. The van der Waals surface area contributed by atoms with Crippen molar-refractivity contribution in [3.05, 3.63) is 10.7 Å². The first-order chi connectivity index (χ1) is 6.77. The molecule has 14 heavy (non-hydrogen) atoms. The van der Waals surface area contributed by atoms with Crippen LogP contribution in [0.3, 0.4) is 0 Å². The van der Waals surface area contributed by atoms with E-state index in [9.17, 15) is 4.79 Å². The highest BCUT2D eigenvalue weighted by atomic mass is 79.9. The Balaban J connectivity index is 1.97. The quantitative estimate of drug-likeness (QED) is 0.868. The number of amides is 1. The molecule has 0 saturated carbocycles. The Hall–Kier alpha value is -0.490. The van der Waals surface area contributed by atoms with Crippen LogP contribution in [-0.2, 0) is 4.79 Å². The zero-order chi connectivity index (χ0) is 9.97. The highest BCUT2D eigenvalue weighted by molar-refractivity contribution is 9.10. The van der Waals surface area contributed by atoms with Crippen LogP contribution in [0.25, 0.3) is 0 Å². The summed E-state index contributed by atoms with van der Waals surface area (Å²) in [5.74, 6) is 1.79. The third-order valence-corrected chi connectivity index (χ3v) is 4.04. The lowest BCUT2D eigenvalue weighted by molar-refractivity contribution is -0.115. The summed E-state index contributed by atoms with van der Waals surface area (Å²) in [4.78, 5) is 11.7. The SMILES string of the molecule is O=C(Nc1[nH]ncc1Br)C1CCCS1. The number of thioether (sulfide) groups is 1. The van der Waals surface area contributed by atoms with Gasteiger partial charge in [0.15, 0.2) is 0 Å². The van der Waals surface area contributed by atoms with Gasteiger partial charge in [-0.15, -0.1) is 11.8 Å². The van der Waals surface area contributed by atoms with E-state index in [0.717, 1.165) is 23.1 Å². The number of H-pyrrole nitrogens is 1. The minimum atomic E-state index is 0.0671. The highest BCUT2D eigenvalue weighted by Gasteiger charge is 2.23. The summed E-state index contributed by atoms with van der Waals surface area (Å²) in [6.45, 7) is 0. The first kappa shape index (κ1) is 10.0. The summed E-state index contributed by atoms with van der Waals surface area (Å²) in [6, 6.07) is 0. The van der Waals surface area contributed by atoms with Gasteiger partial charge >= 0.3 is 0 Å². The number of carbonyl (C=O) groups excluding carboxylic acids is 1. The van der Waals surface area contributed by atoms with E-state index in [1.165, 1.54) is 0 Å². The molecule has 1 atom stereocenters. The molecular formula is C8H10BrN3OS. The van der Waals surface area contributed by atoms with Crippen molar-refractivity contribution in [1.29, 1.82) is 0 Å². The lowest BCUT2D eigenvalue weighted by Crippen LogP contribution is -2.23. The molecule has 0 spiro atoms. The van der Waals surface area contributed by atoms with Gasteiger partial charge in [0.25, 0.3) is 0 Å². The van der Waals surface area contributed by atoms with Gasteiger partial charge in [0.1, 0.15) is 5.82 Å². The molecule has 0 bridgehead atoms. The van der Waals surface area contributed by atoms with E-state index >= 15 is 0 Å². The highest BCUT2D eigenvalue weighted by Crippen LogP contribution is 2.27. The second-order valence-corrected chi connectivity index (χ2v) is 5.25. The Morgan fingerprint density at radius 3 is 3.21 bits per heavy atom. The number of hydrogen-bond acceptors (Lipinski definition) is 3. The van der Waals surface area contributed by atoms with Gasteiger partial charge in [-0.05, 0) is 34.5 Å². The molecule has 1 aromatic rings. The van der Waals surface area contributed by atoms with Crippen LogP contribution in [0.2, 0.25) is 0 Å². The molecule has 0 radical (unpaired) electrons. The van der Waals surface area contributed by atoms with Crippen LogP contribution in [-0.4, -0.2) is 27.1 Å². The van der Waals surface area contributed by atoms with Gasteiger partial charge in [-0.3, -0.25) is 9.89 Å². The van der Waals surface area contributed by atoms with Crippen molar-refractivity contribution in [3.8, 4) is 0 Å². The largest absolute Gasteiger partial charge is 0.309 e. The Bertz CT molecular complexity index is 335. The molecular weight excluding hydrogens is 266 g/mol. The zero-order valence-electron chi connectivity index (χ0n) is 7.42. The van der Waals surface area contributed by atoms with Gasteiger partial charge in [0.05, 0.1) is 15.9 Å². The molecule has 0 aromatic carbocycles. The number of anilines is 1. The Kier molecular flexibility index (Phi) is 3.12. The molecule has 2 heterocycles. The van der Waals surface area contributed by atoms with E-state index in [4.69, 9.17) is 0 Å². The standard InChI is InChI=1S/C8H10BrN3OS/c9-5-4-10-12-7(5)11-8(13)6-2-1-3-14-6/h4,6H,1-3H2,(H2,10,11,12,13). The van der Waals surface area contributed by atoms with E-state index in [2.05, 4.69) is 31.4 Å². The van der Waals surface area contributed by atoms with Crippen molar-refractivity contribution in [3.63, 3.8) is 0 Å². The molecule has 76 valence electrons. The number of halogens is 1. The maximum absolute atomic E-state index is 11.7. The summed E-state index contributed by atoms with van der Waals surface area (Å²) < 4.78 is 0.786. The first-order valence-electron chi connectivity index (χ1n) is 4.38. The molecule has 0 aliphatic carbocycles. The summed E-state index contributed by atoms with van der Waals surface area (Å²) in [5, 5.41) is 9.44. The van der Waals surface area contributed by atoms with Gasteiger partial charge < -0.3 is 5.32 Å². The molecule has 1 aromatic heterocycles. The smallest absolute Gasteiger partial charge is 0.238 e. The van der Waals surface area contributed by atoms with Crippen LogP contribution in [0.1, 0.15) is 12.8 Å². The Morgan fingerprint density at radius 2 is 2.64 bits per heavy atom. The third kappa shape index (κ3) is 2.12. The molecule has 6 heteroatoms. The van der Waals surface area contributed by atoms with E-state index in [1.807, 2.05) is 0 Å². The van der Waals surface area contributed by atoms with E-state index < -0.39 is 0 Å². The predicted octanol–water partition coefficient (Wildman–Crippen LogP) is 2.01. The van der Waals surface area contributed by atoms with Crippen LogP contribution in [0.4, 0.5) is 5.82 Å². The Morgan fingerprint density at radius 1 is 1.79 bits per heavy atom.